The van der Waals surface area contributed by atoms with Crippen LogP contribution in [0.15, 0.2) is 18.2 Å². The maximum Gasteiger partial charge on any atom is 0.0820 e. The SMILES string of the molecule is COC(CN)CN(C)Cc1cccc(C)n1. The van der Waals surface area contributed by atoms with Crippen LogP contribution in [0.2, 0.25) is 0 Å². The number of nitrogens with two attached hydrogens (primary N) is 1. The van der Waals surface area contributed by atoms with Gasteiger partial charge in [-0.1, -0.05) is 6.07 Å². The smallest absolute Gasteiger partial charge is 0.0820 e. The van der Waals surface area contributed by atoms with Crippen LogP contribution in [0, 0.1) is 6.92 Å². The molecule has 0 saturated heterocycles. The first-order valence-electron chi connectivity index (χ1n) is 5.49. The van der Waals surface area contributed by atoms with Gasteiger partial charge in [0.2, 0.25) is 0 Å². The highest BCUT2D eigenvalue weighted by atomic mass is 16.5. The summed E-state index contributed by atoms with van der Waals surface area (Å²) < 4.78 is 5.24. The largest absolute Gasteiger partial charge is 0.379 e. The van der Waals surface area contributed by atoms with Crippen molar-refractivity contribution < 1.29 is 4.74 Å². The number of aryl methyl sites for hydroxylation is 1. The fourth-order valence-electron chi connectivity index (χ4n) is 1.62. The molecule has 0 aromatic carbocycles. The van der Waals surface area contributed by atoms with Gasteiger partial charge in [0.1, 0.15) is 0 Å². The first-order valence-corrected chi connectivity index (χ1v) is 5.49. The van der Waals surface area contributed by atoms with E-state index in [2.05, 4.69) is 9.88 Å². The zero-order valence-corrected chi connectivity index (χ0v) is 10.3. The van der Waals surface area contributed by atoms with Gasteiger partial charge >= 0.3 is 0 Å². The zero-order valence-electron chi connectivity index (χ0n) is 10.3. The maximum absolute atomic E-state index is 5.58. The minimum absolute atomic E-state index is 0.0924. The topological polar surface area (TPSA) is 51.4 Å². The Kier molecular flexibility index (Phi) is 5.38. The molecule has 1 aromatic rings. The summed E-state index contributed by atoms with van der Waals surface area (Å²) in [5.74, 6) is 0. The monoisotopic (exact) mass is 223 g/mol. The number of hydrogen-bond acceptors (Lipinski definition) is 4. The summed E-state index contributed by atoms with van der Waals surface area (Å²) in [6.45, 7) is 4.19. The molecule has 0 aliphatic carbocycles. The third-order valence-electron chi connectivity index (χ3n) is 2.49. The van der Waals surface area contributed by atoms with Gasteiger partial charge in [-0.05, 0) is 26.1 Å². The summed E-state index contributed by atoms with van der Waals surface area (Å²) in [7, 11) is 3.74. The number of pyridine rings is 1. The van der Waals surface area contributed by atoms with E-state index >= 15 is 0 Å². The molecule has 0 fully saturated rings. The van der Waals surface area contributed by atoms with E-state index in [1.165, 1.54) is 0 Å². The Hall–Kier alpha value is -0.970. The van der Waals surface area contributed by atoms with Gasteiger partial charge in [0.15, 0.2) is 0 Å². The quantitative estimate of drug-likeness (QED) is 0.775. The lowest BCUT2D eigenvalue weighted by Crippen LogP contribution is -2.35. The molecule has 4 nitrogen and oxygen atoms in total. The molecule has 0 bridgehead atoms. The molecular weight excluding hydrogens is 202 g/mol. The first kappa shape index (κ1) is 13.1. The van der Waals surface area contributed by atoms with Gasteiger partial charge in [0.05, 0.1) is 11.8 Å². The third kappa shape index (κ3) is 4.26. The second-order valence-corrected chi connectivity index (χ2v) is 4.06. The van der Waals surface area contributed by atoms with Crippen LogP contribution in [0.3, 0.4) is 0 Å². The van der Waals surface area contributed by atoms with Crippen LogP contribution in [0.1, 0.15) is 11.4 Å². The van der Waals surface area contributed by atoms with Crippen molar-refractivity contribution in [1.29, 1.82) is 0 Å². The molecule has 16 heavy (non-hydrogen) atoms. The summed E-state index contributed by atoms with van der Waals surface area (Å²) in [4.78, 5) is 6.63. The molecule has 0 spiro atoms. The van der Waals surface area contributed by atoms with Crippen LogP contribution >= 0.6 is 0 Å². The van der Waals surface area contributed by atoms with Crippen molar-refractivity contribution in [3.05, 3.63) is 29.6 Å². The second-order valence-electron chi connectivity index (χ2n) is 4.06. The fraction of sp³-hybridized carbons (Fsp3) is 0.583. The summed E-state index contributed by atoms with van der Waals surface area (Å²) >= 11 is 0. The maximum atomic E-state index is 5.58. The van der Waals surface area contributed by atoms with E-state index in [4.69, 9.17) is 10.5 Å². The number of rotatable bonds is 6. The minimum atomic E-state index is 0.0924. The molecule has 0 radical (unpaired) electrons. The van der Waals surface area contributed by atoms with Gasteiger partial charge in [0, 0.05) is 32.4 Å². The predicted octanol–water partition coefficient (Wildman–Crippen LogP) is 0.796. The standard InChI is InChI=1S/C12H21N3O/c1-10-5-4-6-11(14-10)8-15(2)9-12(7-13)16-3/h4-6,12H,7-9,13H2,1-3H3. The highest BCUT2D eigenvalue weighted by molar-refractivity contribution is 5.09. The van der Waals surface area contributed by atoms with Crippen molar-refractivity contribution in [2.45, 2.75) is 19.6 Å². The zero-order chi connectivity index (χ0) is 12.0. The van der Waals surface area contributed by atoms with Gasteiger partial charge < -0.3 is 10.5 Å². The molecule has 1 aromatic heterocycles. The van der Waals surface area contributed by atoms with Crippen LogP contribution in [0.25, 0.3) is 0 Å². The molecule has 2 N–H and O–H groups in total. The Bertz CT molecular complexity index is 313. The number of methoxy groups -OCH3 is 1. The molecule has 0 aliphatic heterocycles. The average Bonchev–Trinajstić information content (AvgIpc) is 2.26. The van der Waals surface area contributed by atoms with Gasteiger partial charge in [-0.25, -0.2) is 0 Å². The Balaban J connectivity index is 2.47. The second kappa shape index (κ2) is 6.58. The van der Waals surface area contributed by atoms with E-state index < -0.39 is 0 Å². The molecule has 0 amide bonds. The van der Waals surface area contributed by atoms with Gasteiger partial charge in [-0.3, -0.25) is 9.88 Å². The average molecular weight is 223 g/mol. The van der Waals surface area contributed by atoms with Crippen molar-refractivity contribution in [2.24, 2.45) is 5.73 Å². The fourth-order valence-corrected chi connectivity index (χ4v) is 1.62. The van der Waals surface area contributed by atoms with Crippen molar-refractivity contribution >= 4 is 0 Å². The lowest BCUT2D eigenvalue weighted by Gasteiger charge is -2.21. The highest BCUT2D eigenvalue weighted by Gasteiger charge is 2.09. The van der Waals surface area contributed by atoms with Crippen LogP contribution in [0.4, 0.5) is 0 Å². The molecule has 1 unspecified atom stereocenters. The third-order valence-corrected chi connectivity index (χ3v) is 2.49. The van der Waals surface area contributed by atoms with Gasteiger partial charge in [0.25, 0.3) is 0 Å². The Morgan fingerprint density at radius 3 is 2.81 bits per heavy atom. The lowest BCUT2D eigenvalue weighted by atomic mass is 10.2. The van der Waals surface area contributed by atoms with Crippen LogP contribution in [-0.4, -0.2) is 43.2 Å². The molecular formula is C12H21N3O. The van der Waals surface area contributed by atoms with Crippen molar-refractivity contribution in [3.63, 3.8) is 0 Å². The van der Waals surface area contributed by atoms with Crippen LogP contribution in [0.5, 0.6) is 0 Å². The summed E-state index contributed by atoms with van der Waals surface area (Å²) in [5, 5.41) is 0. The number of ether oxygens (including phenoxy) is 1. The number of hydrogen-bond donors (Lipinski definition) is 1. The first-order chi connectivity index (χ1) is 7.65. The number of nitrogens with zero attached hydrogens (tertiary/aromatic N) is 2. The molecule has 0 aliphatic rings. The summed E-state index contributed by atoms with van der Waals surface area (Å²) in [6.07, 6.45) is 0.0924. The Morgan fingerprint density at radius 2 is 2.25 bits per heavy atom. The minimum Gasteiger partial charge on any atom is -0.379 e. The highest BCUT2D eigenvalue weighted by Crippen LogP contribution is 2.02. The summed E-state index contributed by atoms with van der Waals surface area (Å²) in [5.41, 5.74) is 7.71. The van der Waals surface area contributed by atoms with E-state index in [0.29, 0.717) is 6.54 Å². The molecule has 4 heteroatoms. The van der Waals surface area contributed by atoms with Crippen molar-refractivity contribution in [3.8, 4) is 0 Å². The van der Waals surface area contributed by atoms with E-state index in [-0.39, 0.29) is 6.10 Å². The number of likely N-dealkylation sites (N-methyl/N-ethyl adjacent to an activating group) is 1. The molecule has 1 heterocycles. The van der Waals surface area contributed by atoms with Crippen molar-refractivity contribution in [2.75, 3.05) is 27.2 Å². The van der Waals surface area contributed by atoms with E-state index in [1.54, 1.807) is 7.11 Å². The molecule has 0 saturated carbocycles. The van der Waals surface area contributed by atoms with Crippen LogP contribution < -0.4 is 5.73 Å². The molecule has 1 atom stereocenters. The van der Waals surface area contributed by atoms with Crippen LogP contribution in [-0.2, 0) is 11.3 Å². The normalized spacial score (nSPS) is 13.1. The van der Waals surface area contributed by atoms with E-state index in [9.17, 15) is 0 Å². The lowest BCUT2D eigenvalue weighted by molar-refractivity contribution is 0.0758. The number of aromatic nitrogens is 1. The van der Waals surface area contributed by atoms with E-state index in [1.807, 2.05) is 32.2 Å². The van der Waals surface area contributed by atoms with Gasteiger partial charge in [-0.2, -0.15) is 0 Å². The van der Waals surface area contributed by atoms with Crippen molar-refractivity contribution in [1.82, 2.24) is 9.88 Å². The molecule has 1 rings (SSSR count). The van der Waals surface area contributed by atoms with Gasteiger partial charge in [-0.15, -0.1) is 0 Å². The molecule has 90 valence electrons. The Morgan fingerprint density at radius 1 is 1.50 bits per heavy atom. The Labute approximate surface area is 97.4 Å². The predicted molar refractivity (Wildman–Crippen MR) is 65.2 cm³/mol. The van der Waals surface area contributed by atoms with E-state index in [0.717, 1.165) is 24.5 Å². The summed E-state index contributed by atoms with van der Waals surface area (Å²) in [6, 6.07) is 6.07.